The molecule has 154 valence electrons. The van der Waals surface area contributed by atoms with Crippen molar-refractivity contribution in [3.8, 4) is 0 Å². The summed E-state index contributed by atoms with van der Waals surface area (Å²) in [4.78, 5) is 0. The summed E-state index contributed by atoms with van der Waals surface area (Å²) in [6.45, 7) is 6.01. The number of hydrogen-bond donors (Lipinski definition) is 0. The van der Waals surface area contributed by atoms with Gasteiger partial charge < -0.3 is 0 Å². The molecule has 0 saturated carbocycles. The number of allylic oxidation sites excluding steroid dienone is 6. The van der Waals surface area contributed by atoms with E-state index < -0.39 is 7.26 Å². The van der Waals surface area contributed by atoms with Crippen molar-refractivity contribution in [3.63, 3.8) is 0 Å². The molecule has 0 aromatic heterocycles. The summed E-state index contributed by atoms with van der Waals surface area (Å²) in [6, 6.07) is 29.4. The molecule has 3 aromatic carbocycles. The van der Waals surface area contributed by atoms with Crippen LogP contribution < -0.4 is 10.6 Å². The molecule has 1 aliphatic rings. The molecule has 1 aliphatic carbocycles. The van der Waals surface area contributed by atoms with E-state index in [1.807, 2.05) is 12.2 Å². The van der Waals surface area contributed by atoms with Crippen molar-refractivity contribution >= 4 is 23.9 Å². The fourth-order valence-corrected chi connectivity index (χ4v) is 9.32. The van der Waals surface area contributed by atoms with Gasteiger partial charge in [-0.2, -0.15) is 0 Å². The molecule has 0 amide bonds. The molecule has 3 aromatic rings. The SMILES string of the molecule is C=C/C=C\c1ccc(C[P+](c2ccccc2)(c2ccccc2)C2C=CC=CC2)cc1C. The lowest BCUT2D eigenvalue weighted by Gasteiger charge is -2.34. The van der Waals surface area contributed by atoms with Crippen molar-refractivity contribution in [1.82, 2.24) is 0 Å². The minimum Gasteiger partial charge on any atom is -0.0991 e. The Bertz CT molecular complexity index is 1060. The van der Waals surface area contributed by atoms with E-state index in [9.17, 15) is 0 Å². The Kier molecular flexibility index (Phi) is 6.80. The monoisotopic (exact) mass is 421 g/mol. The molecule has 0 spiro atoms. The quantitative estimate of drug-likeness (QED) is 0.278. The van der Waals surface area contributed by atoms with Gasteiger partial charge in [-0.3, -0.25) is 0 Å². The van der Waals surface area contributed by atoms with Crippen molar-refractivity contribution in [2.24, 2.45) is 0 Å². The molecule has 31 heavy (non-hydrogen) atoms. The average Bonchev–Trinajstić information content (AvgIpc) is 2.84. The van der Waals surface area contributed by atoms with Crippen LogP contribution in [0.15, 0.2) is 122 Å². The largest absolute Gasteiger partial charge is 0.101 e. The van der Waals surface area contributed by atoms with Crippen molar-refractivity contribution < 1.29 is 0 Å². The van der Waals surface area contributed by atoms with Crippen LogP contribution in [0.3, 0.4) is 0 Å². The predicted octanol–water partition coefficient (Wildman–Crippen LogP) is 7.25. The topological polar surface area (TPSA) is 0 Å². The van der Waals surface area contributed by atoms with Crippen LogP contribution in [0.2, 0.25) is 0 Å². The molecule has 0 bridgehead atoms. The third kappa shape index (κ3) is 4.55. The van der Waals surface area contributed by atoms with E-state index in [1.54, 1.807) is 0 Å². The molecule has 4 rings (SSSR count). The molecule has 0 N–H and O–H groups in total. The molecular formula is C30H30P+. The first-order valence-corrected chi connectivity index (χ1v) is 13.0. The Morgan fingerprint density at radius 3 is 2.13 bits per heavy atom. The Balaban J connectivity index is 1.87. The molecular weight excluding hydrogens is 391 g/mol. The summed E-state index contributed by atoms with van der Waals surface area (Å²) in [5, 5.41) is 2.97. The first kappa shape index (κ1) is 21.3. The second kappa shape index (κ2) is 9.90. The summed E-state index contributed by atoms with van der Waals surface area (Å²) < 4.78 is 0. The molecule has 0 heterocycles. The Morgan fingerprint density at radius 1 is 0.903 bits per heavy atom. The maximum Gasteiger partial charge on any atom is 0.101 e. The maximum atomic E-state index is 3.80. The lowest BCUT2D eigenvalue weighted by molar-refractivity contribution is 1.03. The van der Waals surface area contributed by atoms with Crippen molar-refractivity contribution in [2.75, 3.05) is 0 Å². The smallest absolute Gasteiger partial charge is 0.0991 e. The normalized spacial score (nSPS) is 16.0. The fraction of sp³-hybridized carbons (Fsp3) is 0.133. The zero-order chi connectivity index (χ0) is 21.5. The van der Waals surface area contributed by atoms with E-state index in [-0.39, 0.29) is 0 Å². The van der Waals surface area contributed by atoms with Gasteiger partial charge in [-0.25, -0.2) is 0 Å². The van der Waals surface area contributed by atoms with E-state index in [1.165, 1.54) is 27.3 Å². The standard InChI is InChI=1S/C30H30P/c1-3-4-14-27-22-21-26(23-25(27)2)24-31(28-15-8-5-9-16-28,29-17-10-6-11-18-29)30-19-12-7-13-20-30/h3-19,21-23,30H,1,20,24H2,2H3/q+1/b14-4-. The van der Waals surface area contributed by atoms with Crippen LogP contribution in [-0.4, -0.2) is 5.66 Å². The number of rotatable bonds is 7. The van der Waals surface area contributed by atoms with Crippen molar-refractivity contribution in [3.05, 3.63) is 139 Å². The highest BCUT2D eigenvalue weighted by Gasteiger charge is 2.48. The Labute approximate surface area is 187 Å². The summed E-state index contributed by atoms with van der Waals surface area (Å²) in [7, 11) is -1.73. The van der Waals surface area contributed by atoms with Gasteiger partial charge in [0.2, 0.25) is 0 Å². The third-order valence-electron chi connectivity index (χ3n) is 6.14. The van der Waals surface area contributed by atoms with Gasteiger partial charge in [0, 0.05) is 6.42 Å². The molecule has 0 saturated heterocycles. The van der Waals surface area contributed by atoms with E-state index in [0.717, 1.165) is 12.6 Å². The Hall–Kier alpha value is -2.95. The molecule has 1 unspecified atom stereocenters. The number of hydrogen-bond acceptors (Lipinski definition) is 0. The number of aryl methyl sites for hydroxylation is 1. The zero-order valence-electron chi connectivity index (χ0n) is 18.2. The predicted molar refractivity (Wildman–Crippen MR) is 140 cm³/mol. The first-order valence-electron chi connectivity index (χ1n) is 10.9. The van der Waals surface area contributed by atoms with Gasteiger partial charge in [-0.1, -0.05) is 97.6 Å². The highest BCUT2D eigenvalue weighted by molar-refractivity contribution is 7.89. The molecule has 0 nitrogen and oxygen atoms in total. The van der Waals surface area contributed by atoms with Gasteiger partial charge >= 0.3 is 0 Å². The second-order valence-electron chi connectivity index (χ2n) is 8.10. The number of benzene rings is 3. The van der Waals surface area contributed by atoms with Gasteiger partial charge in [0.05, 0.1) is 13.4 Å². The summed E-state index contributed by atoms with van der Waals surface area (Å²) in [5.74, 6) is 0. The maximum absolute atomic E-state index is 3.80. The lowest BCUT2D eigenvalue weighted by atomic mass is 10.1. The molecule has 0 aliphatic heterocycles. The van der Waals surface area contributed by atoms with Gasteiger partial charge in [0.1, 0.15) is 16.3 Å². The van der Waals surface area contributed by atoms with Gasteiger partial charge in [-0.05, 0) is 54.0 Å². The van der Waals surface area contributed by atoms with Crippen molar-refractivity contribution in [2.45, 2.75) is 25.2 Å². The molecule has 1 heteroatoms. The van der Waals surface area contributed by atoms with Gasteiger partial charge in [0.25, 0.3) is 0 Å². The van der Waals surface area contributed by atoms with Crippen LogP contribution in [0.25, 0.3) is 6.08 Å². The third-order valence-corrected chi connectivity index (χ3v) is 11.0. The Morgan fingerprint density at radius 2 is 1.58 bits per heavy atom. The average molecular weight is 422 g/mol. The van der Waals surface area contributed by atoms with Gasteiger partial charge in [-0.15, -0.1) is 0 Å². The van der Waals surface area contributed by atoms with E-state index in [2.05, 4.69) is 123 Å². The van der Waals surface area contributed by atoms with Crippen LogP contribution in [-0.2, 0) is 6.16 Å². The van der Waals surface area contributed by atoms with E-state index >= 15 is 0 Å². The molecule has 0 fully saturated rings. The van der Waals surface area contributed by atoms with Crippen LogP contribution >= 0.6 is 7.26 Å². The fourth-order valence-electron chi connectivity index (χ4n) is 4.60. The minimum atomic E-state index is -1.73. The lowest BCUT2D eigenvalue weighted by Crippen LogP contribution is -2.32. The highest BCUT2D eigenvalue weighted by atomic mass is 31.2. The second-order valence-corrected chi connectivity index (χ2v) is 11.8. The summed E-state index contributed by atoms with van der Waals surface area (Å²) in [6.07, 6.45) is 17.3. The minimum absolute atomic E-state index is 0.503. The van der Waals surface area contributed by atoms with Crippen LogP contribution in [0.1, 0.15) is 23.1 Å². The van der Waals surface area contributed by atoms with E-state index in [4.69, 9.17) is 0 Å². The van der Waals surface area contributed by atoms with Crippen LogP contribution in [0.4, 0.5) is 0 Å². The van der Waals surface area contributed by atoms with E-state index in [0.29, 0.717) is 5.66 Å². The highest BCUT2D eigenvalue weighted by Crippen LogP contribution is 2.65. The van der Waals surface area contributed by atoms with Gasteiger partial charge in [0.15, 0.2) is 0 Å². The summed E-state index contributed by atoms with van der Waals surface area (Å²) >= 11 is 0. The summed E-state index contributed by atoms with van der Waals surface area (Å²) in [5.41, 5.74) is 4.49. The van der Waals surface area contributed by atoms with Crippen LogP contribution in [0.5, 0.6) is 0 Å². The zero-order valence-corrected chi connectivity index (χ0v) is 19.1. The molecule has 1 atom stereocenters. The van der Waals surface area contributed by atoms with Crippen molar-refractivity contribution in [1.29, 1.82) is 0 Å². The first-order chi connectivity index (χ1) is 15.2. The van der Waals surface area contributed by atoms with Crippen LogP contribution in [0, 0.1) is 6.92 Å². The molecule has 0 radical (unpaired) electrons.